The minimum atomic E-state index is -0.785. The van der Waals surface area contributed by atoms with Gasteiger partial charge in [-0.1, -0.05) is 176 Å². The van der Waals surface area contributed by atoms with Crippen molar-refractivity contribution < 1.29 is 51.9 Å². The summed E-state index contributed by atoms with van der Waals surface area (Å²) in [6.45, 7) is 6.94. The monoisotopic (exact) mass is 1800 g/mol. The van der Waals surface area contributed by atoms with Crippen molar-refractivity contribution in [3.63, 3.8) is 0 Å². The Morgan fingerprint density at radius 3 is 1.02 bits per heavy atom. The van der Waals surface area contributed by atoms with Gasteiger partial charge < -0.3 is 66.4 Å². The lowest BCUT2D eigenvalue weighted by molar-refractivity contribution is -0.121. The number of ketones is 4. The first-order valence-corrected chi connectivity index (χ1v) is 45.3. The van der Waals surface area contributed by atoms with Crippen LogP contribution in [0.1, 0.15) is 85.9 Å². The minimum absolute atomic E-state index is 0.00558. The van der Waals surface area contributed by atoms with Crippen LogP contribution < -0.4 is 46.4 Å². The SMILES string of the molecule is COc1ccc(F)cc1CC(=O)C(Cc1ccccc1)NC(=O)c1cccc2[nH]ccc12.O=C(NC(Cc1ccccc1)C(=O)Cc1cc(F)ccc1N1CCNCC1)c1cccc2[nH]ccc12.O=C(NC(Cc1ccccc1)C(=O)Cc1cccc2[nH]ncc12)c1cccc2[nH]ccc12.O=C(NC(Cc1ccccc1)C(=O)Cc1ccccc1N1CCNCC1)c1cccc2[nH]ccc12. The highest BCUT2D eigenvalue weighted by Gasteiger charge is 2.31. The van der Waals surface area contributed by atoms with Gasteiger partial charge in [0.1, 0.15) is 17.4 Å². The second kappa shape index (κ2) is 44.8. The first-order valence-electron chi connectivity index (χ1n) is 45.3. The Kier molecular flexibility index (Phi) is 30.6. The van der Waals surface area contributed by atoms with Crippen LogP contribution in [-0.2, 0) is 70.5 Å². The molecule has 23 nitrogen and oxygen atoms in total. The van der Waals surface area contributed by atoms with Gasteiger partial charge in [-0.15, -0.1) is 0 Å². The number of rotatable bonds is 31. The lowest BCUT2D eigenvalue weighted by Crippen LogP contribution is -2.45. The van der Waals surface area contributed by atoms with E-state index in [2.05, 4.69) is 77.9 Å². The van der Waals surface area contributed by atoms with Gasteiger partial charge in [0.2, 0.25) is 0 Å². The summed E-state index contributed by atoms with van der Waals surface area (Å²) in [6, 6.07) is 87.9. The molecule has 0 spiro atoms. The number of anilines is 2. The number of ether oxygens (including phenoxy) is 1. The van der Waals surface area contributed by atoms with Crippen molar-refractivity contribution >= 4 is 113 Å². The van der Waals surface area contributed by atoms with Gasteiger partial charge in [0.15, 0.2) is 23.1 Å². The highest BCUT2D eigenvalue weighted by Crippen LogP contribution is 2.30. The molecule has 682 valence electrons. The van der Waals surface area contributed by atoms with E-state index in [9.17, 15) is 47.1 Å². The highest BCUT2D eigenvalue weighted by atomic mass is 19.1. The fourth-order valence-corrected chi connectivity index (χ4v) is 17.6. The molecule has 17 aromatic rings. The maximum atomic E-state index is 14.2. The van der Waals surface area contributed by atoms with Crippen molar-refractivity contribution in [1.29, 1.82) is 0 Å². The normalized spacial score (nSPS) is 13.3. The summed E-state index contributed by atoms with van der Waals surface area (Å²) in [6.07, 6.45) is 10.9. The molecule has 135 heavy (non-hydrogen) atoms. The zero-order valence-corrected chi connectivity index (χ0v) is 74.6. The van der Waals surface area contributed by atoms with Gasteiger partial charge >= 0.3 is 0 Å². The quantitative estimate of drug-likeness (QED) is 0.0193. The summed E-state index contributed by atoms with van der Waals surface area (Å²) >= 11 is 0. The zero-order chi connectivity index (χ0) is 93.4. The number of Topliss-reactive ketones (excluding diaryl/α,β-unsaturated/α-hetero) is 4. The molecule has 0 saturated carbocycles. The van der Waals surface area contributed by atoms with Crippen LogP contribution in [0.2, 0.25) is 0 Å². The number of para-hydroxylation sites is 1. The number of nitrogens with zero attached hydrogens (tertiary/aromatic N) is 3. The summed E-state index contributed by atoms with van der Waals surface area (Å²) < 4.78 is 33.3. The van der Waals surface area contributed by atoms with Crippen LogP contribution in [0.3, 0.4) is 0 Å². The molecule has 5 aromatic heterocycles. The van der Waals surface area contributed by atoms with E-state index in [-0.39, 0.29) is 78.3 Å². The molecule has 2 saturated heterocycles. The van der Waals surface area contributed by atoms with Crippen LogP contribution in [0.4, 0.5) is 20.2 Å². The van der Waals surface area contributed by atoms with Crippen LogP contribution in [0, 0.1) is 11.6 Å². The van der Waals surface area contributed by atoms with Gasteiger partial charge in [-0.2, -0.15) is 5.10 Å². The number of benzene rings is 12. The van der Waals surface area contributed by atoms with Crippen molar-refractivity contribution in [2.75, 3.05) is 69.3 Å². The van der Waals surface area contributed by atoms with Crippen LogP contribution in [0.5, 0.6) is 5.75 Å². The molecular formula is C110H104F2N14O9. The van der Waals surface area contributed by atoms with Gasteiger partial charge in [-0.25, -0.2) is 8.78 Å². The number of H-pyrrole nitrogens is 5. The standard InChI is InChI=1S/C29H29FN4O2.C29H30N4O2.C26H23FN2O3.C26H22N4O2/c30-22-9-10-27(34-15-13-31-14-16-34)21(18-22)19-28(35)26(17-20-5-2-1-3-6-20)33-29(36)24-7-4-8-25-23(24)11-12-32-25;34-28(20-22-9-4-5-12-27(22)33-17-15-30-16-18-33)26(19-21-7-2-1-3-8-21)32-29(35)24-10-6-11-25-23(24)13-14-31-25;1-32-25-11-10-19(27)15-18(25)16-24(30)23(14-17-6-3-2-4-7-17)29-26(31)21-8-5-9-22-20(21)12-13-28-22;31-25(15-18-8-4-11-23-21(18)16-28-30-23)24(14-17-6-2-1-3-7-17)29-26(32)20-9-5-10-22-19(20)12-13-27-22/h1-12,18,26,31-32H,13-17,19H2,(H,33,36);1-14,26,30-31H,15-20H2,(H,32,35);2-13,15,23,28H,14,16H2,1H3,(H,29,31);1-13,16,24,27H,14-15H2,(H,28,30)(H,29,32). The maximum absolute atomic E-state index is 14.2. The number of fused-ring (bicyclic) bond motifs is 5. The molecule has 11 N–H and O–H groups in total. The Morgan fingerprint density at radius 2 is 0.637 bits per heavy atom. The molecular weight excluding hydrogens is 1700 g/mol. The number of nitrogens with one attached hydrogen (secondary N) is 11. The predicted octanol–water partition coefficient (Wildman–Crippen LogP) is 16.3. The number of halogens is 2. The number of aromatic nitrogens is 6. The van der Waals surface area contributed by atoms with Gasteiger partial charge in [-0.3, -0.25) is 43.5 Å². The molecule has 0 aliphatic carbocycles. The molecule has 0 bridgehead atoms. The molecule has 0 radical (unpaired) electrons. The lowest BCUT2D eigenvalue weighted by atomic mass is 9.96. The second-order valence-electron chi connectivity index (χ2n) is 33.5. The number of amides is 4. The van der Waals surface area contributed by atoms with Gasteiger partial charge in [0, 0.05) is 191 Å². The Bertz CT molecular complexity index is 6990. The minimum Gasteiger partial charge on any atom is -0.496 e. The van der Waals surface area contributed by atoms with Crippen molar-refractivity contribution in [2.45, 2.75) is 75.5 Å². The van der Waals surface area contributed by atoms with E-state index in [1.165, 1.54) is 37.4 Å². The topological polar surface area (TPSA) is 316 Å². The largest absolute Gasteiger partial charge is 0.496 e. The predicted molar refractivity (Wildman–Crippen MR) is 526 cm³/mol. The molecule has 2 aliphatic rings. The summed E-state index contributed by atoms with van der Waals surface area (Å²) in [7, 11) is 1.47. The highest BCUT2D eigenvalue weighted by molar-refractivity contribution is 6.11. The number of carbonyl (C=O) groups excluding carboxylic acids is 8. The fraction of sp³-hybridized carbons (Fsp3) is 0.191. The van der Waals surface area contributed by atoms with Crippen molar-refractivity contribution in [2.24, 2.45) is 0 Å². The number of hydrogen-bond donors (Lipinski definition) is 11. The average Bonchev–Trinajstić information content (AvgIpc) is 1.78. The third kappa shape index (κ3) is 23.7. The summed E-state index contributed by atoms with van der Waals surface area (Å²) in [5.41, 5.74) is 15.3. The van der Waals surface area contributed by atoms with E-state index in [0.29, 0.717) is 64.8 Å². The van der Waals surface area contributed by atoms with Gasteiger partial charge in [-0.05, 0) is 186 Å². The Balaban J connectivity index is 0.000000131. The smallest absolute Gasteiger partial charge is 0.252 e. The van der Waals surface area contributed by atoms with Crippen LogP contribution in [0.15, 0.2) is 328 Å². The summed E-state index contributed by atoms with van der Waals surface area (Å²) in [5.74, 6) is -1.96. The number of methoxy groups -OCH3 is 1. The number of carbonyl (C=O) groups is 8. The van der Waals surface area contributed by atoms with E-state index < -0.39 is 30.0 Å². The van der Waals surface area contributed by atoms with E-state index in [4.69, 9.17) is 4.74 Å². The van der Waals surface area contributed by atoms with Crippen LogP contribution in [-0.4, -0.2) is 161 Å². The van der Waals surface area contributed by atoms with Crippen molar-refractivity contribution in [3.8, 4) is 5.75 Å². The van der Waals surface area contributed by atoms with Crippen LogP contribution >= 0.6 is 0 Å². The molecule has 12 aromatic carbocycles. The molecule has 7 heterocycles. The molecule has 19 rings (SSSR count). The van der Waals surface area contributed by atoms with E-state index >= 15 is 0 Å². The molecule has 4 atom stereocenters. The van der Waals surface area contributed by atoms with Crippen molar-refractivity contribution in [1.82, 2.24) is 62.0 Å². The summed E-state index contributed by atoms with van der Waals surface area (Å²) in [4.78, 5) is 124. The van der Waals surface area contributed by atoms with Gasteiger partial charge in [0.25, 0.3) is 23.6 Å². The fourth-order valence-electron chi connectivity index (χ4n) is 17.6. The van der Waals surface area contributed by atoms with E-state index in [0.717, 1.165) is 152 Å². The molecule has 2 fully saturated rings. The Hall–Kier alpha value is -16.0. The zero-order valence-electron chi connectivity index (χ0n) is 74.6. The second-order valence-corrected chi connectivity index (χ2v) is 33.5. The van der Waals surface area contributed by atoms with E-state index in [1.807, 2.05) is 231 Å². The summed E-state index contributed by atoms with van der Waals surface area (Å²) in [5, 5.41) is 29.8. The third-order valence-electron chi connectivity index (χ3n) is 24.5. The number of aromatic amines is 5. The van der Waals surface area contributed by atoms with Gasteiger partial charge in [0.05, 0.1) is 43.0 Å². The maximum Gasteiger partial charge on any atom is 0.252 e. The molecule has 2 aliphatic heterocycles. The molecule has 25 heteroatoms. The Morgan fingerprint density at radius 1 is 0.326 bits per heavy atom. The molecule has 4 unspecified atom stereocenters. The van der Waals surface area contributed by atoms with E-state index in [1.54, 1.807) is 61.2 Å². The first-order chi connectivity index (χ1) is 66.0. The average molecular weight is 1800 g/mol. The third-order valence-corrected chi connectivity index (χ3v) is 24.5. The number of piperazine rings is 2. The lowest BCUT2D eigenvalue weighted by Gasteiger charge is -2.31. The Labute approximate surface area is 779 Å². The van der Waals surface area contributed by atoms with Crippen LogP contribution in [0.25, 0.3) is 54.5 Å². The first kappa shape index (κ1) is 92.3. The van der Waals surface area contributed by atoms with Crippen molar-refractivity contribution in [3.05, 3.63) is 407 Å². The molecule has 4 amide bonds. The number of hydrogen-bond acceptors (Lipinski definition) is 14.